The predicted molar refractivity (Wildman–Crippen MR) is 445 cm³/mol. The highest BCUT2D eigenvalue weighted by Gasteiger charge is 2.29. The van der Waals surface area contributed by atoms with Gasteiger partial charge in [-0.2, -0.15) is 0 Å². The molecule has 0 aromatic carbocycles. The average molecular weight is 1530 g/mol. The molecule has 0 aliphatic heterocycles. The van der Waals surface area contributed by atoms with E-state index < -0.39 is 91.5 Å². The van der Waals surface area contributed by atoms with E-state index >= 15 is 0 Å². The van der Waals surface area contributed by atoms with Crippen molar-refractivity contribution in [3.63, 3.8) is 0 Å². The molecule has 0 aromatic heterocycles. The molecule has 0 saturated carbocycles. The molecule has 0 spiro atoms. The van der Waals surface area contributed by atoms with E-state index in [9.17, 15) is 43.5 Å². The molecular weight excluding hydrogens is 1390 g/mol. The van der Waals surface area contributed by atoms with Gasteiger partial charge < -0.3 is 34.2 Å². The number of phosphoric acid groups is 2. The topological polar surface area (TPSA) is 231 Å². The SMILES string of the molecule is CC/C=C\C/C=C\C/C=C\C/C=C\C/C=C\C/C=C\CCCCCCCCCCCCC(=O)OCC(O)COP(=O)(O)OCC(O)COP(=O)(O)OCC(COC(=O)CCCCCCCCC/C=C\C/C=C\C/C=C\C/C=C\C/C=C\CC)OC(=O)CCCCCCCC/C=C\C/C=C\C/C=C\C/C=C\CC. The Hall–Kier alpha value is -5.35. The molecule has 0 fully saturated rings. The summed E-state index contributed by atoms with van der Waals surface area (Å²) in [5.74, 6) is -1.61. The molecule has 0 aromatic rings. The minimum Gasteiger partial charge on any atom is -0.463 e. The molecule has 0 rings (SSSR count). The molecule has 4 N–H and O–H groups in total. The lowest BCUT2D eigenvalue weighted by Gasteiger charge is -2.21. The zero-order chi connectivity index (χ0) is 78.0. The summed E-state index contributed by atoms with van der Waals surface area (Å²) in [4.78, 5) is 58.8. The smallest absolute Gasteiger partial charge is 0.463 e. The molecule has 5 unspecified atom stereocenters. The summed E-state index contributed by atoms with van der Waals surface area (Å²) in [5.41, 5.74) is 0. The second kappa shape index (κ2) is 80.2. The van der Waals surface area contributed by atoms with Crippen LogP contribution in [0.4, 0.5) is 0 Å². The second-order valence-corrected chi connectivity index (χ2v) is 29.7. The quantitative estimate of drug-likeness (QED) is 0.0146. The molecule has 608 valence electrons. The van der Waals surface area contributed by atoms with Crippen molar-refractivity contribution < 1.29 is 75.8 Å². The van der Waals surface area contributed by atoms with Crippen LogP contribution in [0.3, 0.4) is 0 Å². The van der Waals surface area contributed by atoms with E-state index in [-0.39, 0.29) is 19.3 Å². The van der Waals surface area contributed by atoms with Crippen molar-refractivity contribution in [1.29, 1.82) is 0 Å². The normalized spacial score (nSPS) is 14.9. The van der Waals surface area contributed by atoms with Crippen LogP contribution >= 0.6 is 15.6 Å². The van der Waals surface area contributed by atoms with Gasteiger partial charge in [0.15, 0.2) is 6.10 Å². The van der Waals surface area contributed by atoms with Crippen LogP contribution in [0.15, 0.2) is 182 Å². The van der Waals surface area contributed by atoms with Gasteiger partial charge in [-0.1, -0.05) is 312 Å². The standard InChI is InChI=1S/C89H146O16P2/c1-4-7-10-13-16-19-22-25-28-31-34-36-38-39-40-41-42-43-45-47-49-51-54-57-60-63-66-69-72-75-87(92)99-78-84(90)79-101-106(95,96)102-80-85(91)81-103-107(97,98)104-83-86(105-89(94)77-74-71-68-65-62-59-56-53-48-33-30-27-24-21-18-15-12-9-6-3)82-100-88(93)76-73-70-67-64-61-58-55-52-50-46-44-37-35-32-29-26-23-20-17-14-11-8-5-2/h7-12,16-21,25-30,34-37,39-40,42-43,46,48,50,53,84-86,90-91H,4-6,13-15,22-24,31-33,38,41,44-45,47,49,51-52,54-83H2,1-3H3,(H,95,96)(H,97,98)/b10-7-,11-8-,12-9-,19-16-,20-17-,21-18-,28-25-,29-26-,30-27-,36-34-,37-35-,40-39-,43-42-,50-46-,53-48-. The van der Waals surface area contributed by atoms with Crippen molar-refractivity contribution in [2.45, 2.75) is 322 Å². The number of ether oxygens (including phenoxy) is 3. The number of carbonyl (C=O) groups is 3. The number of aliphatic hydroxyl groups is 2. The van der Waals surface area contributed by atoms with Crippen molar-refractivity contribution in [3.8, 4) is 0 Å². The number of esters is 3. The van der Waals surface area contributed by atoms with Gasteiger partial charge in [0.1, 0.15) is 25.4 Å². The Morgan fingerprint density at radius 3 is 0.738 bits per heavy atom. The van der Waals surface area contributed by atoms with Gasteiger partial charge in [0.2, 0.25) is 0 Å². The first kappa shape index (κ1) is 102. The Balaban J connectivity index is 4.64. The van der Waals surface area contributed by atoms with Crippen LogP contribution in [-0.4, -0.2) is 95.9 Å². The minimum atomic E-state index is -4.95. The third-order valence-corrected chi connectivity index (χ3v) is 18.5. The van der Waals surface area contributed by atoms with Gasteiger partial charge >= 0.3 is 33.6 Å². The van der Waals surface area contributed by atoms with E-state index in [0.717, 1.165) is 212 Å². The van der Waals surface area contributed by atoms with Crippen molar-refractivity contribution in [1.82, 2.24) is 0 Å². The number of allylic oxidation sites excluding steroid dienone is 30. The second-order valence-electron chi connectivity index (χ2n) is 26.8. The third-order valence-electron chi connectivity index (χ3n) is 16.6. The van der Waals surface area contributed by atoms with Crippen LogP contribution in [0.25, 0.3) is 0 Å². The monoisotopic (exact) mass is 1530 g/mol. The average Bonchev–Trinajstić information content (AvgIpc) is 0.907. The highest BCUT2D eigenvalue weighted by atomic mass is 31.2. The number of hydrogen-bond donors (Lipinski definition) is 4. The van der Waals surface area contributed by atoms with Crippen LogP contribution < -0.4 is 0 Å². The van der Waals surface area contributed by atoms with Crippen LogP contribution in [0.5, 0.6) is 0 Å². The van der Waals surface area contributed by atoms with Gasteiger partial charge in [-0.3, -0.25) is 32.5 Å². The van der Waals surface area contributed by atoms with Crippen molar-refractivity contribution in [2.75, 3.05) is 39.6 Å². The predicted octanol–water partition coefficient (Wildman–Crippen LogP) is 24.5. The van der Waals surface area contributed by atoms with Crippen LogP contribution in [0, 0.1) is 0 Å². The number of aliphatic hydroxyl groups excluding tert-OH is 2. The zero-order valence-corrected chi connectivity index (χ0v) is 68.3. The number of carbonyl (C=O) groups excluding carboxylic acids is 3. The molecule has 0 saturated heterocycles. The largest absolute Gasteiger partial charge is 0.472 e. The fourth-order valence-electron chi connectivity index (χ4n) is 10.5. The summed E-state index contributed by atoms with van der Waals surface area (Å²) >= 11 is 0. The number of rotatable bonds is 76. The summed E-state index contributed by atoms with van der Waals surface area (Å²) < 4.78 is 61.3. The number of unbranched alkanes of at least 4 members (excludes halogenated alkanes) is 23. The van der Waals surface area contributed by atoms with Crippen molar-refractivity contribution in [3.05, 3.63) is 182 Å². The van der Waals surface area contributed by atoms with Crippen LogP contribution in [0.1, 0.15) is 303 Å². The molecule has 0 amide bonds. The first-order valence-electron chi connectivity index (χ1n) is 41.1. The van der Waals surface area contributed by atoms with E-state index in [1.807, 2.05) is 0 Å². The van der Waals surface area contributed by atoms with Gasteiger partial charge in [0.25, 0.3) is 0 Å². The Morgan fingerprint density at radius 2 is 0.467 bits per heavy atom. The van der Waals surface area contributed by atoms with E-state index in [0.29, 0.717) is 19.3 Å². The molecule has 16 nitrogen and oxygen atoms in total. The molecule has 18 heteroatoms. The molecule has 107 heavy (non-hydrogen) atoms. The summed E-state index contributed by atoms with van der Waals surface area (Å²) in [6.07, 6.45) is 104. The van der Waals surface area contributed by atoms with E-state index in [1.165, 1.54) is 32.1 Å². The number of phosphoric ester groups is 2. The van der Waals surface area contributed by atoms with E-state index in [4.69, 9.17) is 32.3 Å². The maximum absolute atomic E-state index is 13.0. The molecule has 0 radical (unpaired) electrons. The maximum Gasteiger partial charge on any atom is 0.472 e. The summed E-state index contributed by atoms with van der Waals surface area (Å²) in [6.45, 7) is 2.30. The van der Waals surface area contributed by atoms with E-state index in [2.05, 4.69) is 203 Å². The Morgan fingerprint density at radius 1 is 0.262 bits per heavy atom. The highest BCUT2D eigenvalue weighted by Crippen LogP contribution is 2.45. The maximum atomic E-state index is 13.0. The lowest BCUT2D eigenvalue weighted by molar-refractivity contribution is -0.161. The van der Waals surface area contributed by atoms with Gasteiger partial charge in [0.05, 0.1) is 26.4 Å². The van der Waals surface area contributed by atoms with Gasteiger partial charge in [0, 0.05) is 19.3 Å². The summed E-state index contributed by atoms with van der Waals surface area (Å²) in [5, 5.41) is 20.7. The van der Waals surface area contributed by atoms with Gasteiger partial charge in [-0.25, -0.2) is 9.13 Å². The highest BCUT2D eigenvalue weighted by molar-refractivity contribution is 7.47. The Kier molecular flexibility index (Phi) is 76.2. The van der Waals surface area contributed by atoms with Gasteiger partial charge in [-0.05, 0) is 154 Å². The molecular formula is C89H146O16P2. The first-order chi connectivity index (χ1) is 52.2. The third kappa shape index (κ3) is 81.5. The minimum absolute atomic E-state index is 0.0793. The van der Waals surface area contributed by atoms with E-state index in [1.54, 1.807) is 0 Å². The Bertz CT molecular complexity index is 2670. The van der Waals surface area contributed by atoms with Crippen LogP contribution in [0.2, 0.25) is 0 Å². The van der Waals surface area contributed by atoms with Crippen molar-refractivity contribution >= 4 is 33.6 Å². The number of hydrogen-bond acceptors (Lipinski definition) is 14. The summed E-state index contributed by atoms with van der Waals surface area (Å²) in [6, 6.07) is 0. The zero-order valence-electron chi connectivity index (χ0n) is 66.5. The fourth-order valence-corrected chi connectivity index (χ4v) is 12.1. The van der Waals surface area contributed by atoms with Crippen LogP contribution in [-0.2, 0) is 55.8 Å². The van der Waals surface area contributed by atoms with Crippen molar-refractivity contribution in [2.24, 2.45) is 0 Å². The first-order valence-corrected chi connectivity index (χ1v) is 44.1. The lowest BCUT2D eigenvalue weighted by atomic mass is 10.1. The fraction of sp³-hybridized carbons (Fsp3) is 0.629. The molecule has 0 bridgehead atoms. The molecule has 5 atom stereocenters. The molecule has 0 heterocycles. The Labute approximate surface area is 649 Å². The molecule has 0 aliphatic carbocycles. The van der Waals surface area contributed by atoms with Gasteiger partial charge in [-0.15, -0.1) is 0 Å². The molecule has 0 aliphatic rings. The summed E-state index contributed by atoms with van der Waals surface area (Å²) in [7, 11) is -9.82. The lowest BCUT2D eigenvalue weighted by Crippen LogP contribution is -2.30.